The van der Waals surface area contributed by atoms with Gasteiger partial charge in [-0.15, -0.1) is 0 Å². The van der Waals surface area contributed by atoms with Gasteiger partial charge in [0.25, 0.3) is 0 Å². The van der Waals surface area contributed by atoms with Crippen LogP contribution in [0.2, 0.25) is 0 Å². The summed E-state index contributed by atoms with van der Waals surface area (Å²) >= 11 is 0. The SMILES string of the molecule is Cc1ccc(N(CCNc2nc3c(C)cccc3cc2C#N)C(N)=O)cc1. The van der Waals surface area contributed by atoms with Crippen LogP contribution >= 0.6 is 0 Å². The van der Waals surface area contributed by atoms with Crippen LogP contribution in [0.15, 0.2) is 48.5 Å². The molecule has 2 amide bonds. The lowest BCUT2D eigenvalue weighted by Crippen LogP contribution is -2.39. The molecule has 0 saturated carbocycles. The lowest BCUT2D eigenvalue weighted by Gasteiger charge is -2.21. The monoisotopic (exact) mass is 359 g/mol. The molecule has 0 aliphatic carbocycles. The number of pyridine rings is 1. The number of nitrogens with two attached hydrogens (primary N) is 1. The van der Waals surface area contributed by atoms with Crippen molar-refractivity contribution >= 4 is 28.4 Å². The first-order chi connectivity index (χ1) is 13.0. The van der Waals surface area contributed by atoms with Gasteiger partial charge < -0.3 is 11.1 Å². The van der Waals surface area contributed by atoms with E-state index in [9.17, 15) is 10.1 Å². The minimum Gasteiger partial charge on any atom is -0.367 e. The number of anilines is 2. The van der Waals surface area contributed by atoms with E-state index >= 15 is 0 Å². The molecule has 0 atom stereocenters. The van der Waals surface area contributed by atoms with Crippen molar-refractivity contribution in [2.24, 2.45) is 5.73 Å². The summed E-state index contributed by atoms with van der Waals surface area (Å²) in [5, 5.41) is 13.5. The lowest BCUT2D eigenvalue weighted by atomic mass is 10.1. The van der Waals surface area contributed by atoms with Crippen LogP contribution in [0, 0.1) is 25.2 Å². The molecule has 2 aromatic carbocycles. The van der Waals surface area contributed by atoms with Crippen molar-refractivity contribution in [1.82, 2.24) is 4.98 Å². The molecule has 0 radical (unpaired) electrons. The van der Waals surface area contributed by atoms with Gasteiger partial charge in [0, 0.05) is 24.2 Å². The van der Waals surface area contributed by atoms with E-state index in [-0.39, 0.29) is 0 Å². The Hall–Kier alpha value is -3.59. The molecule has 0 spiro atoms. The summed E-state index contributed by atoms with van der Waals surface area (Å²) in [6.45, 7) is 4.74. The maximum Gasteiger partial charge on any atom is 0.319 e. The minimum atomic E-state index is -0.525. The molecular formula is C21H21N5O. The number of benzene rings is 2. The van der Waals surface area contributed by atoms with Crippen molar-refractivity contribution in [2.45, 2.75) is 13.8 Å². The Morgan fingerprint density at radius 3 is 2.63 bits per heavy atom. The number of nitriles is 1. The largest absolute Gasteiger partial charge is 0.367 e. The van der Waals surface area contributed by atoms with Crippen LogP contribution in [0.3, 0.4) is 0 Å². The highest BCUT2D eigenvalue weighted by atomic mass is 16.2. The van der Waals surface area contributed by atoms with Crippen LogP contribution < -0.4 is 16.0 Å². The molecule has 3 rings (SSSR count). The molecule has 0 bridgehead atoms. The Morgan fingerprint density at radius 2 is 1.96 bits per heavy atom. The van der Waals surface area contributed by atoms with Gasteiger partial charge in [-0.3, -0.25) is 4.90 Å². The van der Waals surface area contributed by atoms with Gasteiger partial charge in [-0.2, -0.15) is 5.26 Å². The van der Waals surface area contributed by atoms with Gasteiger partial charge in [-0.05, 0) is 37.6 Å². The van der Waals surface area contributed by atoms with Crippen molar-refractivity contribution in [3.05, 3.63) is 65.2 Å². The number of amides is 2. The Kier molecular flexibility index (Phi) is 5.23. The highest BCUT2D eigenvalue weighted by Gasteiger charge is 2.13. The number of aryl methyl sites for hydroxylation is 2. The Labute approximate surface area is 158 Å². The molecule has 1 aromatic heterocycles. The van der Waals surface area contributed by atoms with Crippen molar-refractivity contribution in [1.29, 1.82) is 5.26 Å². The highest BCUT2D eigenvalue weighted by molar-refractivity contribution is 5.90. The molecule has 6 heteroatoms. The van der Waals surface area contributed by atoms with Gasteiger partial charge in [-0.25, -0.2) is 9.78 Å². The van der Waals surface area contributed by atoms with Crippen LogP contribution in [0.25, 0.3) is 10.9 Å². The van der Waals surface area contributed by atoms with Gasteiger partial charge in [0.1, 0.15) is 11.9 Å². The number of rotatable bonds is 5. The number of para-hydroxylation sites is 1. The number of primary amides is 1. The third kappa shape index (κ3) is 3.98. The van der Waals surface area contributed by atoms with Crippen molar-refractivity contribution < 1.29 is 4.79 Å². The Bertz CT molecular complexity index is 1020. The fourth-order valence-corrected chi connectivity index (χ4v) is 2.94. The standard InChI is InChI=1S/C21H21N5O/c1-14-6-8-18(9-7-14)26(21(23)27)11-10-24-20-17(13-22)12-16-5-3-4-15(2)19(16)25-20/h3-9,12H,10-11H2,1-2H3,(H2,23,27)(H,24,25). The van der Waals surface area contributed by atoms with Crippen LogP contribution in [-0.2, 0) is 0 Å². The number of nitrogens with one attached hydrogen (secondary N) is 1. The highest BCUT2D eigenvalue weighted by Crippen LogP contribution is 2.22. The maximum absolute atomic E-state index is 11.8. The quantitative estimate of drug-likeness (QED) is 0.726. The number of hydrogen-bond acceptors (Lipinski definition) is 4. The van der Waals surface area contributed by atoms with Gasteiger partial charge in [-0.1, -0.05) is 35.9 Å². The average Bonchev–Trinajstić information content (AvgIpc) is 2.66. The Balaban J connectivity index is 1.79. The molecule has 0 fully saturated rings. The number of urea groups is 1. The third-order valence-corrected chi connectivity index (χ3v) is 4.41. The van der Waals surface area contributed by atoms with Gasteiger partial charge in [0.05, 0.1) is 11.1 Å². The van der Waals surface area contributed by atoms with Crippen LogP contribution in [-0.4, -0.2) is 24.1 Å². The fraction of sp³-hybridized carbons (Fsp3) is 0.190. The van der Waals surface area contributed by atoms with Gasteiger partial charge >= 0.3 is 6.03 Å². The van der Waals surface area contributed by atoms with E-state index in [1.807, 2.05) is 62.4 Å². The average molecular weight is 359 g/mol. The zero-order valence-electron chi connectivity index (χ0n) is 15.4. The first kappa shape index (κ1) is 18.2. The van der Waals surface area contributed by atoms with E-state index in [0.29, 0.717) is 24.5 Å². The van der Waals surface area contributed by atoms with E-state index < -0.39 is 6.03 Å². The molecule has 6 nitrogen and oxygen atoms in total. The first-order valence-corrected chi connectivity index (χ1v) is 8.67. The molecule has 27 heavy (non-hydrogen) atoms. The predicted molar refractivity (Wildman–Crippen MR) is 108 cm³/mol. The van der Waals surface area contributed by atoms with E-state index in [2.05, 4.69) is 16.4 Å². The number of fused-ring (bicyclic) bond motifs is 1. The summed E-state index contributed by atoms with van der Waals surface area (Å²) in [5.41, 5.74) is 9.73. The molecule has 136 valence electrons. The normalized spacial score (nSPS) is 10.4. The van der Waals surface area contributed by atoms with Crippen molar-refractivity contribution in [2.75, 3.05) is 23.3 Å². The third-order valence-electron chi connectivity index (χ3n) is 4.41. The summed E-state index contributed by atoms with van der Waals surface area (Å²) in [7, 11) is 0. The van der Waals surface area contributed by atoms with Crippen molar-refractivity contribution in [3.8, 4) is 6.07 Å². The Morgan fingerprint density at radius 1 is 1.22 bits per heavy atom. The van der Waals surface area contributed by atoms with E-state index in [1.54, 1.807) is 0 Å². The first-order valence-electron chi connectivity index (χ1n) is 8.67. The fourth-order valence-electron chi connectivity index (χ4n) is 2.94. The molecule has 3 aromatic rings. The number of aromatic nitrogens is 1. The van der Waals surface area contributed by atoms with Crippen LogP contribution in [0.5, 0.6) is 0 Å². The smallest absolute Gasteiger partial charge is 0.319 e. The summed E-state index contributed by atoms with van der Waals surface area (Å²) in [6, 6.07) is 16.9. The summed E-state index contributed by atoms with van der Waals surface area (Å²) in [4.78, 5) is 17.9. The van der Waals surface area contributed by atoms with E-state index in [0.717, 1.165) is 27.7 Å². The van der Waals surface area contributed by atoms with E-state index in [1.165, 1.54) is 4.90 Å². The minimum absolute atomic E-state index is 0.358. The van der Waals surface area contributed by atoms with Crippen LogP contribution in [0.4, 0.5) is 16.3 Å². The zero-order chi connectivity index (χ0) is 19.4. The molecule has 3 N–H and O–H groups in total. The molecular weight excluding hydrogens is 338 g/mol. The molecule has 0 saturated heterocycles. The molecule has 0 aliphatic rings. The molecule has 0 aliphatic heterocycles. The van der Waals surface area contributed by atoms with E-state index in [4.69, 9.17) is 5.73 Å². The van der Waals surface area contributed by atoms with Crippen LogP contribution in [0.1, 0.15) is 16.7 Å². The maximum atomic E-state index is 11.8. The number of carbonyl (C=O) groups excluding carboxylic acids is 1. The zero-order valence-corrected chi connectivity index (χ0v) is 15.4. The second-order valence-corrected chi connectivity index (χ2v) is 6.40. The number of carbonyl (C=O) groups is 1. The summed E-state index contributed by atoms with van der Waals surface area (Å²) < 4.78 is 0. The topological polar surface area (TPSA) is 95.0 Å². The van der Waals surface area contributed by atoms with Gasteiger partial charge in [0.15, 0.2) is 0 Å². The van der Waals surface area contributed by atoms with Crippen molar-refractivity contribution in [3.63, 3.8) is 0 Å². The molecule has 1 heterocycles. The number of hydrogen-bond donors (Lipinski definition) is 2. The number of nitrogens with zero attached hydrogens (tertiary/aromatic N) is 3. The second-order valence-electron chi connectivity index (χ2n) is 6.40. The predicted octanol–water partition coefficient (Wildman–Crippen LogP) is 3.72. The molecule has 0 unspecified atom stereocenters. The lowest BCUT2D eigenvalue weighted by molar-refractivity contribution is 0.254. The summed E-state index contributed by atoms with van der Waals surface area (Å²) in [6.07, 6.45) is 0. The van der Waals surface area contributed by atoms with Gasteiger partial charge in [0.2, 0.25) is 0 Å². The summed E-state index contributed by atoms with van der Waals surface area (Å²) in [5.74, 6) is 0.507. The second kappa shape index (κ2) is 7.75.